The van der Waals surface area contributed by atoms with Crippen molar-refractivity contribution in [1.82, 2.24) is 25.8 Å². The van der Waals surface area contributed by atoms with Gasteiger partial charge in [0.15, 0.2) is 0 Å². The Bertz CT molecular complexity index is 2240. The standard InChI is InChI=1S/C39H36F4N8O5/c1-44-35(53)26-4-2-3-5-30(26)48-31-18-33(46-20-28(31)39(41,42)43)47-23-7-6-21(29(40)16-23)19-45-22-12-14-50(15-13-22)24-8-9-25-27(17-24)38(56)51(37(25)55)32-10-11-34(52)49-36(32)54/h2-9,16-18,20,22,32,45H,10-15,19H2,1H3,(H,44,53)(H2,46,47,48)(H,49,52,54). The number of rotatable bonds is 10. The van der Waals surface area contributed by atoms with Gasteiger partial charge in [0.1, 0.15) is 17.7 Å². The van der Waals surface area contributed by atoms with E-state index in [2.05, 4.69) is 36.5 Å². The molecule has 1 unspecified atom stereocenters. The number of para-hydroxylation sites is 1. The van der Waals surface area contributed by atoms with Crippen LogP contribution in [0.15, 0.2) is 72.9 Å². The van der Waals surface area contributed by atoms with Crippen LogP contribution < -0.4 is 31.5 Å². The van der Waals surface area contributed by atoms with Crippen molar-refractivity contribution in [1.29, 1.82) is 0 Å². The number of nitrogens with one attached hydrogen (secondary N) is 5. The summed E-state index contributed by atoms with van der Waals surface area (Å²) in [5.74, 6) is -3.25. The number of hydrogen-bond donors (Lipinski definition) is 5. The molecule has 0 saturated carbocycles. The second-order valence-electron chi connectivity index (χ2n) is 13.6. The Morgan fingerprint density at radius 2 is 1.64 bits per heavy atom. The Hall–Kier alpha value is -6.36. The lowest BCUT2D eigenvalue weighted by Gasteiger charge is -2.34. The largest absolute Gasteiger partial charge is 0.419 e. The van der Waals surface area contributed by atoms with Gasteiger partial charge in [-0.1, -0.05) is 18.2 Å². The van der Waals surface area contributed by atoms with E-state index in [9.17, 15) is 37.1 Å². The second kappa shape index (κ2) is 15.4. The lowest BCUT2D eigenvalue weighted by Crippen LogP contribution is -2.54. The molecule has 3 aromatic carbocycles. The molecule has 0 radical (unpaired) electrons. The van der Waals surface area contributed by atoms with E-state index in [0.717, 1.165) is 16.7 Å². The van der Waals surface area contributed by atoms with E-state index in [1.807, 2.05) is 0 Å². The van der Waals surface area contributed by atoms with Crippen LogP contribution >= 0.6 is 0 Å². The van der Waals surface area contributed by atoms with Gasteiger partial charge in [-0.2, -0.15) is 13.2 Å². The number of carbonyl (C=O) groups excluding carboxylic acids is 5. The first-order chi connectivity index (χ1) is 26.8. The molecule has 1 atom stereocenters. The van der Waals surface area contributed by atoms with E-state index < -0.39 is 53.1 Å². The molecule has 5 amide bonds. The molecule has 0 spiro atoms. The molecule has 290 valence electrons. The minimum Gasteiger partial charge on any atom is -0.371 e. The van der Waals surface area contributed by atoms with Crippen LogP contribution in [0.1, 0.15) is 67.9 Å². The highest BCUT2D eigenvalue weighted by molar-refractivity contribution is 6.23. The predicted octanol–water partition coefficient (Wildman–Crippen LogP) is 5.25. The summed E-state index contributed by atoms with van der Waals surface area (Å²) in [5, 5.41) is 13.6. The van der Waals surface area contributed by atoms with Crippen LogP contribution in [0, 0.1) is 5.82 Å². The van der Waals surface area contributed by atoms with Gasteiger partial charge in [-0.15, -0.1) is 0 Å². The minimum atomic E-state index is -4.75. The number of carbonyl (C=O) groups is 5. The molecule has 3 aliphatic heterocycles. The number of pyridine rings is 1. The minimum absolute atomic E-state index is 0.0148. The highest BCUT2D eigenvalue weighted by Gasteiger charge is 2.45. The number of amides is 5. The molecule has 13 nitrogen and oxygen atoms in total. The zero-order chi connectivity index (χ0) is 39.7. The first-order valence-corrected chi connectivity index (χ1v) is 17.9. The third-order valence-corrected chi connectivity index (χ3v) is 10.1. The van der Waals surface area contributed by atoms with Gasteiger partial charge >= 0.3 is 6.18 Å². The molecule has 4 heterocycles. The van der Waals surface area contributed by atoms with Crippen LogP contribution in [0.25, 0.3) is 0 Å². The lowest BCUT2D eigenvalue weighted by molar-refractivity contribution is -0.137. The Balaban J connectivity index is 0.953. The molecule has 0 aliphatic carbocycles. The molecule has 5 N–H and O–H groups in total. The van der Waals surface area contributed by atoms with Crippen LogP contribution in [0.3, 0.4) is 0 Å². The summed E-state index contributed by atoms with van der Waals surface area (Å²) in [6.07, 6.45) is -2.56. The summed E-state index contributed by atoms with van der Waals surface area (Å²) >= 11 is 0. The quantitative estimate of drug-likeness (QED) is 0.106. The van der Waals surface area contributed by atoms with Gasteiger partial charge in [0, 0.05) is 68.3 Å². The van der Waals surface area contributed by atoms with E-state index in [1.54, 1.807) is 42.5 Å². The van der Waals surface area contributed by atoms with Crippen LogP contribution in [-0.2, 0) is 22.3 Å². The van der Waals surface area contributed by atoms with Gasteiger partial charge in [-0.05, 0) is 61.7 Å². The maximum Gasteiger partial charge on any atom is 0.419 e. The maximum absolute atomic E-state index is 15.3. The predicted molar refractivity (Wildman–Crippen MR) is 197 cm³/mol. The van der Waals surface area contributed by atoms with Gasteiger partial charge in [0.25, 0.3) is 17.7 Å². The monoisotopic (exact) mass is 772 g/mol. The summed E-state index contributed by atoms with van der Waals surface area (Å²) < 4.78 is 57.0. The Morgan fingerprint density at radius 1 is 0.893 bits per heavy atom. The number of benzene rings is 3. The van der Waals surface area contributed by atoms with Crippen molar-refractivity contribution in [3.63, 3.8) is 0 Å². The first-order valence-electron chi connectivity index (χ1n) is 17.9. The smallest absolute Gasteiger partial charge is 0.371 e. The third kappa shape index (κ3) is 7.75. The number of aromatic nitrogens is 1. The maximum atomic E-state index is 15.3. The zero-order valence-electron chi connectivity index (χ0n) is 29.9. The van der Waals surface area contributed by atoms with Gasteiger partial charge < -0.3 is 26.2 Å². The van der Waals surface area contributed by atoms with E-state index in [-0.39, 0.29) is 65.0 Å². The van der Waals surface area contributed by atoms with E-state index in [1.165, 1.54) is 25.2 Å². The molecule has 3 aliphatic rings. The molecule has 2 fully saturated rings. The molecule has 4 aromatic rings. The number of anilines is 5. The fourth-order valence-corrected chi connectivity index (χ4v) is 7.09. The van der Waals surface area contributed by atoms with Crippen molar-refractivity contribution in [2.75, 3.05) is 35.7 Å². The molecular weight excluding hydrogens is 736 g/mol. The number of fused-ring (bicyclic) bond motifs is 1. The molecule has 56 heavy (non-hydrogen) atoms. The van der Waals surface area contributed by atoms with Crippen LogP contribution in [0.2, 0.25) is 0 Å². The summed E-state index contributed by atoms with van der Waals surface area (Å²) in [6.45, 7) is 1.46. The van der Waals surface area contributed by atoms with Crippen molar-refractivity contribution >= 4 is 58.1 Å². The number of piperidine rings is 2. The SMILES string of the molecule is CNC(=O)c1ccccc1Nc1cc(Nc2ccc(CNC3CCN(c4ccc5c(c4)C(=O)N(C4CCC(=O)NC4=O)C5=O)CC3)c(F)c2)ncc1C(F)(F)F. The number of halogens is 4. The van der Waals surface area contributed by atoms with Crippen molar-refractivity contribution in [2.45, 2.75) is 50.5 Å². The normalized spacial score (nSPS) is 17.5. The highest BCUT2D eigenvalue weighted by atomic mass is 19.4. The lowest BCUT2D eigenvalue weighted by atomic mass is 10.0. The van der Waals surface area contributed by atoms with Gasteiger partial charge in [0.2, 0.25) is 11.8 Å². The van der Waals surface area contributed by atoms with Gasteiger partial charge in [-0.25, -0.2) is 9.37 Å². The third-order valence-electron chi connectivity index (χ3n) is 10.1. The fourth-order valence-electron chi connectivity index (χ4n) is 7.09. The topological polar surface area (TPSA) is 165 Å². The first kappa shape index (κ1) is 37.9. The highest BCUT2D eigenvalue weighted by Crippen LogP contribution is 2.38. The molecule has 2 saturated heterocycles. The van der Waals surface area contributed by atoms with E-state index in [0.29, 0.717) is 37.7 Å². The van der Waals surface area contributed by atoms with E-state index >= 15 is 4.39 Å². The molecular formula is C39H36F4N8O5. The van der Waals surface area contributed by atoms with Crippen LogP contribution in [-0.4, -0.2) is 71.6 Å². The second-order valence-corrected chi connectivity index (χ2v) is 13.6. The van der Waals surface area contributed by atoms with Crippen molar-refractivity contribution in [3.8, 4) is 0 Å². The molecule has 0 bridgehead atoms. The van der Waals surface area contributed by atoms with Crippen LogP contribution in [0.4, 0.5) is 46.1 Å². The number of imide groups is 2. The Kier molecular flexibility index (Phi) is 10.4. The fraction of sp³-hybridized carbons (Fsp3) is 0.282. The van der Waals surface area contributed by atoms with Gasteiger partial charge in [0.05, 0.1) is 33.6 Å². The summed E-state index contributed by atoms with van der Waals surface area (Å²) in [5.41, 5.74) is 0.709. The van der Waals surface area contributed by atoms with Crippen molar-refractivity contribution < 1.29 is 41.5 Å². The average molecular weight is 773 g/mol. The number of hydrogen-bond acceptors (Lipinski definition) is 10. The average Bonchev–Trinajstić information content (AvgIpc) is 3.42. The summed E-state index contributed by atoms with van der Waals surface area (Å²) in [6, 6.07) is 15.7. The summed E-state index contributed by atoms with van der Waals surface area (Å²) in [4.78, 5) is 69.5. The van der Waals surface area contributed by atoms with Crippen LogP contribution in [0.5, 0.6) is 0 Å². The zero-order valence-corrected chi connectivity index (χ0v) is 29.9. The van der Waals surface area contributed by atoms with Gasteiger partial charge in [-0.3, -0.25) is 34.2 Å². The van der Waals surface area contributed by atoms with Crippen molar-refractivity contribution in [3.05, 3.63) is 107 Å². The Morgan fingerprint density at radius 3 is 2.36 bits per heavy atom. The Labute approximate surface area is 317 Å². The number of nitrogens with zero attached hydrogens (tertiary/aromatic N) is 3. The molecule has 7 rings (SSSR count). The summed E-state index contributed by atoms with van der Waals surface area (Å²) in [7, 11) is 1.41. The number of alkyl halides is 3. The van der Waals surface area contributed by atoms with E-state index in [4.69, 9.17) is 0 Å². The molecule has 17 heteroatoms. The van der Waals surface area contributed by atoms with Crippen molar-refractivity contribution in [2.24, 2.45) is 0 Å². The molecule has 1 aromatic heterocycles.